The smallest absolute Gasteiger partial charge is 0.194 e. The Morgan fingerprint density at radius 3 is 2.96 bits per heavy atom. The van der Waals surface area contributed by atoms with E-state index in [4.69, 9.17) is 21.3 Å². The minimum Gasteiger partial charge on any atom is -0.376 e. The fraction of sp³-hybridized carbons (Fsp3) is 0.526. The van der Waals surface area contributed by atoms with Crippen molar-refractivity contribution in [2.45, 2.75) is 39.0 Å². The minimum absolute atomic E-state index is 0.242. The summed E-state index contributed by atoms with van der Waals surface area (Å²) in [6.07, 6.45) is 2.45. The lowest BCUT2D eigenvalue weighted by molar-refractivity contribution is 0.113. The Kier molecular flexibility index (Phi) is 6.68. The zero-order valence-electron chi connectivity index (χ0n) is 16.2. The molecule has 1 unspecified atom stereocenters. The molecule has 0 bridgehead atoms. The van der Waals surface area contributed by atoms with Crippen molar-refractivity contribution in [2.24, 2.45) is 12.0 Å². The molecule has 0 saturated carbocycles. The van der Waals surface area contributed by atoms with Crippen molar-refractivity contribution in [3.05, 3.63) is 46.5 Å². The summed E-state index contributed by atoms with van der Waals surface area (Å²) in [5, 5.41) is 12.5. The van der Waals surface area contributed by atoms with Gasteiger partial charge in [-0.3, -0.25) is 0 Å². The van der Waals surface area contributed by atoms with Crippen LogP contribution in [0.5, 0.6) is 0 Å². The van der Waals surface area contributed by atoms with E-state index in [2.05, 4.69) is 26.5 Å². The van der Waals surface area contributed by atoms with Gasteiger partial charge in [-0.25, -0.2) is 4.99 Å². The maximum Gasteiger partial charge on any atom is 0.194 e. The van der Waals surface area contributed by atoms with Gasteiger partial charge in [0.2, 0.25) is 0 Å². The monoisotopic (exact) mass is 390 g/mol. The lowest BCUT2D eigenvalue weighted by Crippen LogP contribution is -2.42. The standard InChI is InChI=1S/C19H27ClN6O/c1-14-23-24-18(26(14)3)12-22-19(21-11-17-8-5-9-27-17)25(2)13-15-6-4-7-16(20)10-15/h4,6-7,10,17H,5,8-9,11-13H2,1-3H3,(H,21,22). The second-order valence-corrected chi connectivity index (χ2v) is 7.30. The Morgan fingerprint density at radius 1 is 1.44 bits per heavy atom. The topological polar surface area (TPSA) is 67.6 Å². The van der Waals surface area contributed by atoms with Gasteiger partial charge >= 0.3 is 0 Å². The van der Waals surface area contributed by atoms with Crippen LogP contribution in [0.2, 0.25) is 5.02 Å². The summed E-state index contributed by atoms with van der Waals surface area (Å²) in [5.74, 6) is 2.52. The van der Waals surface area contributed by atoms with Crippen LogP contribution in [0.15, 0.2) is 29.3 Å². The minimum atomic E-state index is 0.242. The van der Waals surface area contributed by atoms with Crippen molar-refractivity contribution in [2.75, 3.05) is 20.2 Å². The van der Waals surface area contributed by atoms with E-state index in [1.54, 1.807) is 0 Å². The first kappa shape index (κ1) is 19.6. The van der Waals surface area contributed by atoms with Crippen molar-refractivity contribution in [3.63, 3.8) is 0 Å². The lowest BCUT2D eigenvalue weighted by Gasteiger charge is -2.24. The summed E-state index contributed by atoms with van der Waals surface area (Å²) < 4.78 is 7.68. The first-order valence-corrected chi connectivity index (χ1v) is 9.61. The second-order valence-electron chi connectivity index (χ2n) is 6.86. The van der Waals surface area contributed by atoms with E-state index in [0.717, 1.165) is 54.2 Å². The third kappa shape index (κ3) is 5.43. The van der Waals surface area contributed by atoms with E-state index in [1.807, 2.05) is 43.8 Å². The summed E-state index contributed by atoms with van der Waals surface area (Å²) in [5.41, 5.74) is 1.13. The Morgan fingerprint density at radius 2 is 2.30 bits per heavy atom. The fourth-order valence-corrected chi connectivity index (χ4v) is 3.25. The highest BCUT2D eigenvalue weighted by Crippen LogP contribution is 2.13. The number of guanidine groups is 1. The van der Waals surface area contributed by atoms with Crippen LogP contribution in [-0.4, -0.2) is 51.9 Å². The van der Waals surface area contributed by atoms with E-state index < -0.39 is 0 Å². The fourth-order valence-electron chi connectivity index (χ4n) is 3.04. The molecule has 1 atom stereocenters. The Hall–Kier alpha value is -2.12. The molecule has 0 radical (unpaired) electrons. The Balaban J connectivity index is 1.70. The third-order valence-corrected chi connectivity index (χ3v) is 4.97. The molecule has 7 nitrogen and oxygen atoms in total. The summed E-state index contributed by atoms with van der Waals surface area (Å²) in [6.45, 7) is 4.69. The van der Waals surface area contributed by atoms with E-state index in [9.17, 15) is 0 Å². The molecule has 146 valence electrons. The summed E-state index contributed by atoms with van der Waals surface area (Å²) in [4.78, 5) is 6.85. The number of hydrogen-bond donors (Lipinski definition) is 1. The molecule has 0 spiro atoms. The third-order valence-electron chi connectivity index (χ3n) is 4.74. The average molecular weight is 391 g/mol. The van der Waals surface area contributed by atoms with Crippen LogP contribution >= 0.6 is 11.6 Å². The number of nitrogens with zero attached hydrogens (tertiary/aromatic N) is 5. The van der Waals surface area contributed by atoms with Gasteiger partial charge in [-0.15, -0.1) is 10.2 Å². The average Bonchev–Trinajstić information content (AvgIpc) is 3.26. The highest BCUT2D eigenvalue weighted by atomic mass is 35.5. The molecule has 1 N–H and O–H groups in total. The first-order chi connectivity index (χ1) is 13.0. The molecule has 1 aromatic carbocycles. The molecular formula is C19H27ClN6O. The number of aromatic nitrogens is 3. The predicted octanol–water partition coefficient (Wildman–Crippen LogP) is 2.53. The van der Waals surface area contributed by atoms with Crippen molar-refractivity contribution in [1.82, 2.24) is 25.0 Å². The molecule has 27 heavy (non-hydrogen) atoms. The molecule has 0 aliphatic carbocycles. The summed E-state index contributed by atoms with van der Waals surface area (Å²) >= 11 is 6.12. The molecule has 1 fully saturated rings. The maximum atomic E-state index is 6.12. The molecule has 1 aliphatic heterocycles. The zero-order valence-corrected chi connectivity index (χ0v) is 16.9. The van der Waals surface area contributed by atoms with Crippen molar-refractivity contribution in [1.29, 1.82) is 0 Å². The summed E-state index contributed by atoms with van der Waals surface area (Å²) in [7, 11) is 3.97. The Labute approximate surface area is 165 Å². The number of aryl methyl sites for hydroxylation is 1. The quantitative estimate of drug-likeness (QED) is 0.606. The second kappa shape index (κ2) is 9.19. The van der Waals surface area contributed by atoms with E-state index in [0.29, 0.717) is 13.1 Å². The number of halogens is 1. The number of ether oxygens (including phenoxy) is 1. The van der Waals surface area contributed by atoms with Gasteiger partial charge in [-0.1, -0.05) is 23.7 Å². The normalized spacial score (nSPS) is 17.3. The van der Waals surface area contributed by atoms with Gasteiger partial charge < -0.3 is 19.5 Å². The number of hydrogen-bond acceptors (Lipinski definition) is 4. The van der Waals surface area contributed by atoms with Crippen molar-refractivity contribution in [3.8, 4) is 0 Å². The number of benzene rings is 1. The zero-order chi connectivity index (χ0) is 19.2. The van der Waals surface area contributed by atoms with E-state index in [1.165, 1.54) is 0 Å². The van der Waals surface area contributed by atoms with Crippen LogP contribution in [0.1, 0.15) is 30.1 Å². The molecule has 2 heterocycles. The highest BCUT2D eigenvalue weighted by Gasteiger charge is 2.17. The SMILES string of the molecule is Cc1nnc(CN=C(NCC2CCCO2)N(C)Cc2cccc(Cl)c2)n1C. The van der Waals surface area contributed by atoms with Crippen molar-refractivity contribution >= 4 is 17.6 Å². The largest absolute Gasteiger partial charge is 0.376 e. The molecule has 1 aromatic heterocycles. The van der Waals surface area contributed by atoms with Gasteiger partial charge in [-0.05, 0) is 37.5 Å². The van der Waals surface area contributed by atoms with Crippen LogP contribution in [0.3, 0.4) is 0 Å². The van der Waals surface area contributed by atoms with E-state index >= 15 is 0 Å². The Bertz CT molecular complexity index is 784. The van der Waals surface area contributed by atoms with Gasteiger partial charge in [0.25, 0.3) is 0 Å². The van der Waals surface area contributed by atoms with Crippen LogP contribution < -0.4 is 5.32 Å². The van der Waals surface area contributed by atoms with Gasteiger partial charge in [0, 0.05) is 38.8 Å². The number of nitrogens with one attached hydrogen (secondary N) is 1. The van der Waals surface area contributed by atoms with E-state index in [-0.39, 0.29) is 6.10 Å². The molecule has 1 saturated heterocycles. The predicted molar refractivity (Wildman–Crippen MR) is 107 cm³/mol. The molecule has 1 aliphatic rings. The van der Waals surface area contributed by atoms with Gasteiger partial charge in [0.15, 0.2) is 11.8 Å². The van der Waals surface area contributed by atoms with Crippen LogP contribution in [0.25, 0.3) is 0 Å². The van der Waals surface area contributed by atoms with Crippen LogP contribution in [0.4, 0.5) is 0 Å². The summed E-state index contributed by atoms with van der Waals surface area (Å²) in [6, 6.07) is 7.88. The number of rotatable bonds is 6. The number of aliphatic imine (C=N–C) groups is 1. The maximum absolute atomic E-state index is 6.12. The van der Waals surface area contributed by atoms with Crippen molar-refractivity contribution < 1.29 is 4.74 Å². The van der Waals surface area contributed by atoms with Gasteiger partial charge in [0.05, 0.1) is 6.10 Å². The molecule has 2 aromatic rings. The first-order valence-electron chi connectivity index (χ1n) is 9.23. The lowest BCUT2D eigenvalue weighted by atomic mass is 10.2. The molecule has 0 amide bonds. The van der Waals surface area contributed by atoms with Crippen LogP contribution in [-0.2, 0) is 24.9 Å². The molecule has 8 heteroatoms. The van der Waals surface area contributed by atoms with Gasteiger partial charge in [0.1, 0.15) is 12.4 Å². The van der Waals surface area contributed by atoms with Crippen LogP contribution in [0, 0.1) is 6.92 Å². The highest BCUT2D eigenvalue weighted by molar-refractivity contribution is 6.30. The molecule has 3 rings (SSSR count). The van der Waals surface area contributed by atoms with Gasteiger partial charge in [-0.2, -0.15) is 0 Å². The molecular weight excluding hydrogens is 364 g/mol.